The summed E-state index contributed by atoms with van der Waals surface area (Å²) in [6, 6.07) is 3.69. The maximum absolute atomic E-state index is 13.0. The van der Waals surface area contributed by atoms with Crippen molar-refractivity contribution in [1.29, 1.82) is 0 Å². The molecule has 0 spiro atoms. The van der Waals surface area contributed by atoms with Gasteiger partial charge in [0.15, 0.2) is 5.82 Å². The highest BCUT2D eigenvalue weighted by atomic mass is 19.4. The Balaban J connectivity index is 1.60. The predicted molar refractivity (Wildman–Crippen MR) is 104 cm³/mol. The normalized spacial score (nSPS) is 16.4. The first kappa shape index (κ1) is 21.0. The summed E-state index contributed by atoms with van der Waals surface area (Å²) in [7, 11) is 2.09. The molecule has 3 rings (SSSR count). The largest absolute Gasteiger partial charge is 0.416 e. The van der Waals surface area contributed by atoms with Crippen LogP contribution in [0.1, 0.15) is 24.0 Å². The number of piperidine rings is 1. The minimum absolute atomic E-state index is 0.163. The van der Waals surface area contributed by atoms with Gasteiger partial charge in [-0.15, -0.1) is 5.10 Å². The molecule has 2 aromatic rings. The van der Waals surface area contributed by atoms with Crippen LogP contribution in [-0.2, 0) is 11.0 Å². The molecule has 156 valence electrons. The van der Waals surface area contributed by atoms with E-state index in [1.54, 1.807) is 13.0 Å². The minimum Gasteiger partial charge on any atom is -0.352 e. The fourth-order valence-electron chi connectivity index (χ4n) is 3.27. The van der Waals surface area contributed by atoms with Crippen LogP contribution in [0.4, 0.5) is 13.2 Å². The van der Waals surface area contributed by atoms with E-state index in [4.69, 9.17) is 0 Å². The molecule has 0 saturated carbocycles. The maximum atomic E-state index is 13.0. The number of aryl methyl sites for hydroxylation is 1. The van der Waals surface area contributed by atoms with Gasteiger partial charge in [0.2, 0.25) is 5.91 Å². The van der Waals surface area contributed by atoms with Gasteiger partial charge in [0, 0.05) is 24.4 Å². The molecule has 1 fully saturated rings. The molecule has 1 N–H and O–H groups in total. The molecule has 1 amide bonds. The van der Waals surface area contributed by atoms with E-state index in [1.807, 2.05) is 0 Å². The average molecular weight is 407 g/mol. The van der Waals surface area contributed by atoms with Crippen molar-refractivity contribution in [2.24, 2.45) is 5.92 Å². The van der Waals surface area contributed by atoms with Gasteiger partial charge in [-0.3, -0.25) is 4.79 Å². The number of nitrogens with zero attached hydrogens (tertiary/aromatic N) is 4. The van der Waals surface area contributed by atoms with Gasteiger partial charge in [0.25, 0.3) is 0 Å². The molecule has 1 saturated heterocycles. The number of hydrogen-bond donors (Lipinski definition) is 1. The Kier molecular flexibility index (Phi) is 6.36. The van der Waals surface area contributed by atoms with E-state index in [9.17, 15) is 18.0 Å². The monoisotopic (exact) mass is 407 g/mol. The van der Waals surface area contributed by atoms with E-state index in [0.29, 0.717) is 18.0 Å². The fraction of sp³-hybridized carbons (Fsp3) is 0.450. The molecule has 2 heterocycles. The lowest BCUT2D eigenvalue weighted by Crippen LogP contribution is -2.36. The van der Waals surface area contributed by atoms with E-state index in [2.05, 4.69) is 27.3 Å². The molecule has 9 heteroatoms. The van der Waals surface area contributed by atoms with E-state index < -0.39 is 11.7 Å². The van der Waals surface area contributed by atoms with Gasteiger partial charge in [-0.1, -0.05) is 0 Å². The zero-order valence-electron chi connectivity index (χ0n) is 16.4. The smallest absolute Gasteiger partial charge is 0.352 e. The molecule has 0 bridgehead atoms. The molecule has 0 unspecified atom stereocenters. The molecule has 1 aliphatic heterocycles. The lowest BCUT2D eigenvalue weighted by atomic mass is 9.97. The lowest BCUT2D eigenvalue weighted by Gasteiger charge is -2.28. The van der Waals surface area contributed by atoms with E-state index in [1.165, 1.54) is 23.3 Å². The Hall–Kier alpha value is -2.68. The van der Waals surface area contributed by atoms with Gasteiger partial charge in [-0.05, 0) is 69.6 Å². The number of alkyl halides is 3. The summed E-state index contributed by atoms with van der Waals surface area (Å²) in [6.45, 7) is 4.29. The van der Waals surface area contributed by atoms with Crippen molar-refractivity contribution < 1.29 is 18.0 Å². The Bertz CT molecular complexity index is 882. The quantitative estimate of drug-likeness (QED) is 0.774. The first-order valence-corrected chi connectivity index (χ1v) is 9.45. The van der Waals surface area contributed by atoms with Crippen molar-refractivity contribution in [1.82, 2.24) is 25.0 Å². The van der Waals surface area contributed by atoms with Gasteiger partial charge in [-0.2, -0.15) is 13.2 Å². The van der Waals surface area contributed by atoms with Crippen molar-refractivity contribution in [3.05, 3.63) is 41.7 Å². The number of halogens is 3. The molecule has 6 nitrogen and oxygen atoms in total. The summed E-state index contributed by atoms with van der Waals surface area (Å²) < 4.78 is 40.3. The van der Waals surface area contributed by atoms with Crippen molar-refractivity contribution in [2.45, 2.75) is 25.9 Å². The lowest BCUT2D eigenvalue weighted by molar-refractivity contribution is -0.137. The number of benzene rings is 1. The second kappa shape index (κ2) is 8.77. The van der Waals surface area contributed by atoms with Gasteiger partial charge in [0.05, 0.1) is 5.56 Å². The Labute approximate surface area is 167 Å². The highest BCUT2D eigenvalue weighted by Gasteiger charge is 2.31. The highest BCUT2D eigenvalue weighted by Crippen LogP contribution is 2.32. The summed E-state index contributed by atoms with van der Waals surface area (Å²) in [6.07, 6.45) is 1.80. The molecule has 1 aromatic heterocycles. The molecule has 1 aliphatic rings. The van der Waals surface area contributed by atoms with Crippen molar-refractivity contribution in [2.75, 3.05) is 26.7 Å². The number of carbonyl (C=O) groups is 1. The zero-order chi connectivity index (χ0) is 21.0. The van der Waals surface area contributed by atoms with Crippen LogP contribution in [0.3, 0.4) is 0 Å². The molecule has 1 aromatic carbocycles. The van der Waals surface area contributed by atoms with Gasteiger partial charge in [-0.25, -0.2) is 9.67 Å². The van der Waals surface area contributed by atoms with Crippen LogP contribution in [0.15, 0.2) is 30.6 Å². The SMILES string of the molecule is Cc1cc(-c2ncn(/C=C\C(=O)NCC3CCN(C)CC3)n2)cc(C(F)(F)F)c1. The Morgan fingerprint density at radius 1 is 1.28 bits per heavy atom. The fourth-order valence-corrected chi connectivity index (χ4v) is 3.27. The Morgan fingerprint density at radius 2 is 2.00 bits per heavy atom. The first-order chi connectivity index (χ1) is 13.7. The third-order valence-electron chi connectivity index (χ3n) is 4.95. The highest BCUT2D eigenvalue weighted by molar-refractivity contribution is 5.90. The van der Waals surface area contributed by atoms with Crippen LogP contribution in [0.25, 0.3) is 17.6 Å². The molecule has 0 atom stereocenters. The molecule has 29 heavy (non-hydrogen) atoms. The van der Waals surface area contributed by atoms with Crippen LogP contribution in [-0.4, -0.2) is 52.3 Å². The van der Waals surface area contributed by atoms with Crippen molar-refractivity contribution in [3.63, 3.8) is 0 Å². The van der Waals surface area contributed by atoms with Gasteiger partial charge >= 0.3 is 6.18 Å². The molecular weight excluding hydrogens is 383 g/mol. The van der Waals surface area contributed by atoms with Crippen molar-refractivity contribution in [3.8, 4) is 11.4 Å². The summed E-state index contributed by atoms with van der Waals surface area (Å²) in [5.41, 5.74) is -0.00105. The summed E-state index contributed by atoms with van der Waals surface area (Å²) in [4.78, 5) is 18.3. The topological polar surface area (TPSA) is 63.1 Å². The van der Waals surface area contributed by atoms with E-state index in [0.717, 1.165) is 38.1 Å². The van der Waals surface area contributed by atoms with Crippen LogP contribution in [0, 0.1) is 12.8 Å². The van der Waals surface area contributed by atoms with E-state index in [-0.39, 0.29) is 17.3 Å². The Morgan fingerprint density at radius 3 is 2.69 bits per heavy atom. The third-order valence-corrected chi connectivity index (χ3v) is 4.95. The first-order valence-electron chi connectivity index (χ1n) is 9.45. The number of likely N-dealkylation sites (tertiary alicyclic amines) is 1. The summed E-state index contributed by atoms with van der Waals surface area (Å²) >= 11 is 0. The molecule has 0 radical (unpaired) electrons. The minimum atomic E-state index is -4.44. The van der Waals surface area contributed by atoms with E-state index >= 15 is 0 Å². The second-order valence-corrected chi connectivity index (χ2v) is 7.44. The number of carbonyl (C=O) groups excluding carboxylic acids is 1. The van der Waals surface area contributed by atoms with Crippen LogP contribution in [0.5, 0.6) is 0 Å². The molecule has 0 aliphatic carbocycles. The van der Waals surface area contributed by atoms with Crippen LogP contribution < -0.4 is 5.32 Å². The van der Waals surface area contributed by atoms with Crippen LogP contribution >= 0.6 is 0 Å². The number of hydrogen-bond acceptors (Lipinski definition) is 4. The van der Waals surface area contributed by atoms with Gasteiger partial charge in [0.1, 0.15) is 6.33 Å². The van der Waals surface area contributed by atoms with Crippen LogP contribution in [0.2, 0.25) is 0 Å². The third kappa shape index (κ3) is 5.90. The number of rotatable bonds is 5. The average Bonchev–Trinajstić information content (AvgIpc) is 3.14. The standard InChI is InChI=1S/C20H24F3N5O/c1-14-9-16(11-17(10-14)20(21,22)23)19-25-13-28(26-19)8-5-18(29)24-12-15-3-6-27(2)7-4-15/h5,8-11,13,15H,3-4,6-7,12H2,1-2H3,(H,24,29)/b8-5-. The number of nitrogens with one attached hydrogen (secondary N) is 1. The zero-order valence-corrected chi connectivity index (χ0v) is 16.4. The molecular formula is C20H24F3N5O. The number of aromatic nitrogens is 3. The maximum Gasteiger partial charge on any atom is 0.416 e. The predicted octanol–water partition coefficient (Wildman–Crippen LogP) is 3.20. The van der Waals surface area contributed by atoms with Crippen molar-refractivity contribution >= 4 is 12.1 Å². The van der Waals surface area contributed by atoms with Gasteiger partial charge < -0.3 is 10.2 Å². The number of amides is 1. The summed E-state index contributed by atoms with van der Waals surface area (Å²) in [5, 5.41) is 7.02. The second-order valence-electron chi connectivity index (χ2n) is 7.44. The summed E-state index contributed by atoms with van der Waals surface area (Å²) in [5.74, 6) is 0.400.